The predicted molar refractivity (Wildman–Crippen MR) is 103 cm³/mol. The van der Waals surface area contributed by atoms with E-state index in [4.69, 9.17) is 0 Å². The molecular formula is C20H28N4O2. The van der Waals surface area contributed by atoms with Crippen molar-refractivity contribution in [2.24, 2.45) is 5.92 Å². The molecule has 0 bridgehead atoms. The maximum absolute atomic E-state index is 12.1. The maximum atomic E-state index is 12.1. The highest BCUT2D eigenvalue weighted by Crippen LogP contribution is 2.15. The fourth-order valence-corrected chi connectivity index (χ4v) is 3.45. The highest BCUT2D eigenvalue weighted by molar-refractivity contribution is 5.78. The van der Waals surface area contributed by atoms with Crippen LogP contribution in [-0.2, 0) is 11.3 Å². The van der Waals surface area contributed by atoms with Gasteiger partial charge in [0.1, 0.15) is 0 Å². The van der Waals surface area contributed by atoms with Crippen molar-refractivity contribution in [1.29, 1.82) is 0 Å². The van der Waals surface area contributed by atoms with Crippen LogP contribution in [0, 0.1) is 5.92 Å². The number of fused-ring (bicyclic) bond motifs is 1. The smallest absolute Gasteiger partial charge is 0.221 e. The second kappa shape index (κ2) is 8.94. The minimum Gasteiger partial charge on any atom is -0.356 e. The van der Waals surface area contributed by atoms with Crippen molar-refractivity contribution >= 4 is 16.8 Å². The van der Waals surface area contributed by atoms with Crippen LogP contribution in [0.3, 0.4) is 0 Å². The van der Waals surface area contributed by atoms with Gasteiger partial charge in [0.15, 0.2) is 0 Å². The Morgan fingerprint density at radius 1 is 1.23 bits per heavy atom. The normalized spacial score (nSPS) is 16.0. The van der Waals surface area contributed by atoms with Gasteiger partial charge in [-0.2, -0.15) is 5.10 Å². The van der Waals surface area contributed by atoms with Crippen LogP contribution in [0.15, 0.2) is 35.3 Å². The first kappa shape index (κ1) is 18.6. The molecule has 6 nitrogen and oxygen atoms in total. The van der Waals surface area contributed by atoms with E-state index in [1.54, 1.807) is 10.7 Å². The van der Waals surface area contributed by atoms with Gasteiger partial charge in [0.25, 0.3) is 0 Å². The van der Waals surface area contributed by atoms with Crippen molar-refractivity contribution in [3.8, 4) is 0 Å². The summed E-state index contributed by atoms with van der Waals surface area (Å²) < 4.78 is 1.73. The Morgan fingerprint density at radius 3 is 2.81 bits per heavy atom. The van der Waals surface area contributed by atoms with Gasteiger partial charge < -0.3 is 10.2 Å². The van der Waals surface area contributed by atoms with Gasteiger partial charge in [-0.05, 0) is 56.9 Å². The molecule has 0 radical (unpaired) electrons. The number of benzene rings is 1. The van der Waals surface area contributed by atoms with E-state index >= 15 is 0 Å². The summed E-state index contributed by atoms with van der Waals surface area (Å²) in [6, 6.07) is 7.36. The zero-order valence-corrected chi connectivity index (χ0v) is 15.5. The van der Waals surface area contributed by atoms with Crippen molar-refractivity contribution in [2.45, 2.75) is 39.2 Å². The molecule has 1 aliphatic rings. The van der Waals surface area contributed by atoms with Gasteiger partial charge in [0, 0.05) is 18.4 Å². The molecule has 1 amide bonds. The molecule has 0 spiro atoms. The number of hydrogen-bond donors (Lipinski definition) is 1. The molecule has 26 heavy (non-hydrogen) atoms. The molecule has 6 heteroatoms. The van der Waals surface area contributed by atoms with Crippen LogP contribution in [0.5, 0.6) is 0 Å². The van der Waals surface area contributed by atoms with Gasteiger partial charge in [-0.15, -0.1) is 0 Å². The van der Waals surface area contributed by atoms with Crippen LogP contribution < -0.4 is 10.7 Å². The minimum absolute atomic E-state index is 0.0295. The van der Waals surface area contributed by atoms with Crippen LogP contribution in [0.1, 0.15) is 32.6 Å². The van der Waals surface area contributed by atoms with E-state index in [0.717, 1.165) is 24.4 Å². The average molecular weight is 356 g/mol. The molecule has 2 aromatic rings. The Bertz CT molecular complexity index is 794. The van der Waals surface area contributed by atoms with Gasteiger partial charge in [0.05, 0.1) is 18.3 Å². The fourth-order valence-electron chi connectivity index (χ4n) is 3.45. The number of carbonyl (C=O) groups is 1. The molecule has 140 valence electrons. The first-order chi connectivity index (χ1) is 12.6. The SMILES string of the molecule is CC1CCN(CCCNC(=O)CCn2ncc(=O)c3ccccc32)CC1. The second-order valence-electron chi connectivity index (χ2n) is 7.23. The molecule has 1 aromatic carbocycles. The zero-order chi connectivity index (χ0) is 18.4. The largest absolute Gasteiger partial charge is 0.356 e. The number of aromatic nitrogens is 2. The Kier molecular flexibility index (Phi) is 6.39. The van der Waals surface area contributed by atoms with Crippen molar-refractivity contribution < 1.29 is 4.79 Å². The van der Waals surface area contributed by atoms with Gasteiger partial charge in [0.2, 0.25) is 11.3 Å². The average Bonchev–Trinajstić information content (AvgIpc) is 2.66. The lowest BCUT2D eigenvalue weighted by Gasteiger charge is -2.30. The number of para-hydroxylation sites is 1. The lowest BCUT2D eigenvalue weighted by atomic mass is 9.99. The fraction of sp³-hybridized carbons (Fsp3) is 0.550. The number of nitrogens with one attached hydrogen (secondary N) is 1. The van der Waals surface area contributed by atoms with Gasteiger partial charge in [-0.25, -0.2) is 0 Å². The zero-order valence-electron chi connectivity index (χ0n) is 15.5. The molecule has 1 N–H and O–H groups in total. The number of likely N-dealkylation sites (tertiary alicyclic amines) is 1. The van der Waals surface area contributed by atoms with Crippen LogP contribution in [0.2, 0.25) is 0 Å². The first-order valence-corrected chi connectivity index (χ1v) is 9.57. The number of rotatable bonds is 7. The van der Waals surface area contributed by atoms with Gasteiger partial charge in [-0.3, -0.25) is 14.3 Å². The minimum atomic E-state index is -0.0894. The molecule has 1 saturated heterocycles. The van der Waals surface area contributed by atoms with E-state index in [0.29, 0.717) is 24.9 Å². The van der Waals surface area contributed by atoms with Crippen molar-refractivity contribution in [3.63, 3.8) is 0 Å². The number of hydrogen-bond acceptors (Lipinski definition) is 4. The molecule has 0 unspecified atom stereocenters. The van der Waals surface area contributed by atoms with Gasteiger partial charge >= 0.3 is 0 Å². The van der Waals surface area contributed by atoms with E-state index in [1.807, 2.05) is 18.2 Å². The maximum Gasteiger partial charge on any atom is 0.221 e. The Hall–Kier alpha value is -2.21. The third-order valence-corrected chi connectivity index (χ3v) is 5.16. The lowest BCUT2D eigenvalue weighted by molar-refractivity contribution is -0.121. The van der Waals surface area contributed by atoms with E-state index in [-0.39, 0.29) is 11.3 Å². The van der Waals surface area contributed by atoms with E-state index in [2.05, 4.69) is 22.2 Å². The molecule has 1 aromatic heterocycles. The Labute approximate surface area is 154 Å². The number of aryl methyl sites for hydroxylation is 1. The van der Waals surface area contributed by atoms with Crippen molar-refractivity contribution in [2.75, 3.05) is 26.2 Å². The number of amides is 1. The Morgan fingerprint density at radius 2 is 2.00 bits per heavy atom. The summed E-state index contributed by atoms with van der Waals surface area (Å²) in [6.45, 7) is 6.91. The molecule has 1 fully saturated rings. The summed E-state index contributed by atoms with van der Waals surface area (Å²) in [5.74, 6) is 0.880. The van der Waals surface area contributed by atoms with Crippen LogP contribution in [0.25, 0.3) is 10.9 Å². The summed E-state index contributed by atoms with van der Waals surface area (Å²) in [4.78, 5) is 26.4. The highest BCUT2D eigenvalue weighted by atomic mass is 16.1. The number of nitrogens with zero attached hydrogens (tertiary/aromatic N) is 3. The molecule has 0 aliphatic carbocycles. The highest BCUT2D eigenvalue weighted by Gasteiger charge is 2.14. The standard InChI is InChI=1S/C20H28N4O2/c1-16-7-12-23(13-8-16)11-4-10-21-20(26)9-14-24-18-6-3-2-5-17(18)19(25)15-22-24/h2-3,5-6,15-16H,4,7-14H2,1H3,(H,21,26). The molecular weight excluding hydrogens is 328 g/mol. The third-order valence-electron chi connectivity index (χ3n) is 5.16. The summed E-state index contributed by atoms with van der Waals surface area (Å²) in [6.07, 6.45) is 5.24. The van der Waals surface area contributed by atoms with Crippen LogP contribution in [0.4, 0.5) is 0 Å². The topological polar surface area (TPSA) is 67.2 Å². The number of piperidine rings is 1. The quantitative estimate of drug-likeness (QED) is 0.771. The summed E-state index contributed by atoms with van der Waals surface area (Å²) in [5.41, 5.74) is 0.681. The molecule has 0 atom stereocenters. The summed E-state index contributed by atoms with van der Waals surface area (Å²) in [5, 5.41) is 7.79. The van der Waals surface area contributed by atoms with E-state index in [9.17, 15) is 9.59 Å². The van der Waals surface area contributed by atoms with Crippen LogP contribution >= 0.6 is 0 Å². The summed E-state index contributed by atoms with van der Waals surface area (Å²) in [7, 11) is 0. The predicted octanol–water partition coefficient (Wildman–Crippen LogP) is 2.02. The molecule has 3 rings (SSSR count). The second-order valence-corrected chi connectivity index (χ2v) is 7.23. The number of carbonyl (C=O) groups excluding carboxylic acids is 1. The molecule has 2 heterocycles. The van der Waals surface area contributed by atoms with Crippen molar-refractivity contribution in [1.82, 2.24) is 20.0 Å². The third kappa shape index (κ3) is 4.91. The molecule has 0 saturated carbocycles. The van der Waals surface area contributed by atoms with Crippen LogP contribution in [-0.4, -0.2) is 46.8 Å². The van der Waals surface area contributed by atoms with E-state index in [1.165, 1.54) is 32.1 Å². The Balaban J connectivity index is 1.41. The van der Waals surface area contributed by atoms with Crippen molar-refractivity contribution in [3.05, 3.63) is 40.7 Å². The van der Waals surface area contributed by atoms with Gasteiger partial charge in [-0.1, -0.05) is 19.1 Å². The first-order valence-electron chi connectivity index (χ1n) is 9.57. The monoisotopic (exact) mass is 356 g/mol. The van der Waals surface area contributed by atoms with E-state index < -0.39 is 0 Å². The summed E-state index contributed by atoms with van der Waals surface area (Å²) >= 11 is 0. The molecule has 1 aliphatic heterocycles. The lowest BCUT2D eigenvalue weighted by Crippen LogP contribution is -2.35.